The Kier molecular flexibility index (Phi) is 7.24. The van der Waals surface area contributed by atoms with Crippen LogP contribution in [-0.4, -0.2) is 50.7 Å². The quantitative estimate of drug-likeness (QED) is 0.499. The van der Waals surface area contributed by atoms with E-state index in [9.17, 15) is 4.79 Å². The average Bonchev–Trinajstić information content (AvgIpc) is 3.22. The standard InChI is InChI=1S/C21H25N5O2S/c1-4-25(5-2)20(27)19(16-12-8-7-9-13-16)29-21-22-23-24-26(21)17-14-10-11-15-18(17)28-6-3/h7-15,19H,4-6H2,1-3H3/t19-/m1/s1. The van der Waals surface area contributed by atoms with Gasteiger partial charge in [-0.05, 0) is 48.9 Å². The molecule has 0 bridgehead atoms. The Bertz CT molecular complexity index is 928. The van der Waals surface area contributed by atoms with Gasteiger partial charge in [0, 0.05) is 13.1 Å². The van der Waals surface area contributed by atoms with Crippen LogP contribution >= 0.6 is 11.8 Å². The smallest absolute Gasteiger partial charge is 0.240 e. The van der Waals surface area contributed by atoms with E-state index in [1.165, 1.54) is 11.8 Å². The molecule has 0 aliphatic heterocycles. The fourth-order valence-electron chi connectivity index (χ4n) is 3.01. The second kappa shape index (κ2) is 10.1. The van der Waals surface area contributed by atoms with Crippen LogP contribution in [0.2, 0.25) is 0 Å². The number of likely N-dealkylation sites (N-methyl/N-ethyl adjacent to an activating group) is 1. The minimum absolute atomic E-state index is 0.0406. The Balaban J connectivity index is 1.98. The van der Waals surface area contributed by atoms with Crippen molar-refractivity contribution in [3.8, 4) is 11.4 Å². The second-order valence-electron chi connectivity index (χ2n) is 6.19. The summed E-state index contributed by atoms with van der Waals surface area (Å²) in [4.78, 5) is 15.1. The molecule has 1 atom stereocenters. The van der Waals surface area contributed by atoms with Crippen molar-refractivity contribution >= 4 is 17.7 Å². The van der Waals surface area contributed by atoms with Crippen molar-refractivity contribution in [2.45, 2.75) is 31.2 Å². The molecule has 0 radical (unpaired) electrons. The average molecular weight is 412 g/mol. The number of hydrogen-bond donors (Lipinski definition) is 0. The first-order valence-electron chi connectivity index (χ1n) is 9.70. The van der Waals surface area contributed by atoms with Crippen LogP contribution in [0.5, 0.6) is 5.75 Å². The minimum Gasteiger partial charge on any atom is -0.492 e. The van der Waals surface area contributed by atoms with Crippen LogP contribution in [0.3, 0.4) is 0 Å². The van der Waals surface area contributed by atoms with Crippen LogP contribution in [0.15, 0.2) is 59.8 Å². The number of amides is 1. The monoisotopic (exact) mass is 411 g/mol. The van der Waals surface area contributed by atoms with Crippen LogP contribution < -0.4 is 4.74 Å². The van der Waals surface area contributed by atoms with E-state index in [1.807, 2.05) is 80.3 Å². The molecule has 3 rings (SSSR count). The van der Waals surface area contributed by atoms with E-state index < -0.39 is 5.25 Å². The predicted molar refractivity (Wildman–Crippen MR) is 113 cm³/mol. The number of hydrogen-bond acceptors (Lipinski definition) is 6. The normalized spacial score (nSPS) is 11.8. The number of thioether (sulfide) groups is 1. The molecular weight excluding hydrogens is 386 g/mol. The first-order chi connectivity index (χ1) is 14.2. The number of rotatable bonds is 9. The fourth-order valence-corrected chi connectivity index (χ4v) is 4.08. The second-order valence-corrected chi connectivity index (χ2v) is 7.27. The van der Waals surface area contributed by atoms with Gasteiger partial charge >= 0.3 is 0 Å². The van der Waals surface area contributed by atoms with Gasteiger partial charge in [0.15, 0.2) is 0 Å². The molecular formula is C21H25N5O2S. The number of ether oxygens (including phenoxy) is 1. The van der Waals surface area contributed by atoms with Gasteiger partial charge < -0.3 is 9.64 Å². The third kappa shape index (κ3) is 4.76. The maximum atomic E-state index is 13.3. The first-order valence-corrected chi connectivity index (χ1v) is 10.6. The highest BCUT2D eigenvalue weighted by Crippen LogP contribution is 2.37. The van der Waals surface area contributed by atoms with Gasteiger partial charge in [0.25, 0.3) is 0 Å². The zero-order valence-corrected chi connectivity index (χ0v) is 17.7. The third-order valence-corrected chi connectivity index (χ3v) is 5.63. The SMILES string of the molecule is CCOc1ccccc1-n1nnnc1S[C@@H](C(=O)N(CC)CC)c1ccccc1. The summed E-state index contributed by atoms with van der Waals surface area (Å²) >= 11 is 1.34. The topological polar surface area (TPSA) is 73.1 Å². The molecule has 0 N–H and O–H groups in total. The van der Waals surface area contributed by atoms with Gasteiger partial charge in [-0.3, -0.25) is 4.79 Å². The molecule has 1 heterocycles. The highest BCUT2D eigenvalue weighted by atomic mass is 32.2. The number of tetrazole rings is 1. The Morgan fingerprint density at radius 1 is 1.07 bits per heavy atom. The van der Waals surface area contributed by atoms with Crippen LogP contribution in [-0.2, 0) is 4.79 Å². The number of carbonyl (C=O) groups is 1. The van der Waals surface area contributed by atoms with E-state index in [1.54, 1.807) is 4.68 Å². The van der Waals surface area contributed by atoms with Crippen LogP contribution in [0.4, 0.5) is 0 Å². The summed E-state index contributed by atoms with van der Waals surface area (Å²) in [5.74, 6) is 0.731. The first kappa shape index (κ1) is 20.9. The molecule has 0 aliphatic carbocycles. The molecule has 7 nitrogen and oxygen atoms in total. The maximum Gasteiger partial charge on any atom is 0.240 e. The van der Waals surface area contributed by atoms with Crippen molar-refractivity contribution < 1.29 is 9.53 Å². The van der Waals surface area contributed by atoms with Gasteiger partial charge in [-0.1, -0.05) is 54.2 Å². The fraction of sp³-hybridized carbons (Fsp3) is 0.333. The highest BCUT2D eigenvalue weighted by Gasteiger charge is 2.28. The summed E-state index contributed by atoms with van der Waals surface area (Å²) in [5.41, 5.74) is 1.66. The van der Waals surface area contributed by atoms with Gasteiger partial charge in [0.1, 0.15) is 16.7 Å². The zero-order valence-electron chi connectivity index (χ0n) is 16.9. The van der Waals surface area contributed by atoms with Gasteiger partial charge in [-0.2, -0.15) is 4.68 Å². The van der Waals surface area contributed by atoms with E-state index in [2.05, 4.69) is 15.5 Å². The number of carbonyl (C=O) groups excluding carboxylic acids is 1. The predicted octanol–water partition coefficient (Wildman–Crippen LogP) is 3.76. The lowest BCUT2D eigenvalue weighted by molar-refractivity contribution is -0.130. The van der Waals surface area contributed by atoms with Crippen molar-refractivity contribution in [2.24, 2.45) is 0 Å². The van der Waals surface area contributed by atoms with Crippen molar-refractivity contribution in [3.05, 3.63) is 60.2 Å². The molecule has 2 aromatic carbocycles. The van der Waals surface area contributed by atoms with E-state index in [0.29, 0.717) is 30.6 Å². The van der Waals surface area contributed by atoms with Crippen LogP contribution in [0, 0.1) is 0 Å². The Labute approximate surface area is 175 Å². The number of aromatic nitrogens is 4. The van der Waals surface area contributed by atoms with Crippen LogP contribution in [0.25, 0.3) is 5.69 Å². The number of benzene rings is 2. The lowest BCUT2D eigenvalue weighted by atomic mass is 10.1. The summed E-state index contributed by atoms with van der Waals surface area (Å²) in [5, 5.41) is 12.3. The lowest BCUT2D eigenvalue weighted by Crippen LogP contribution is -2.34. The zero-order chi connectivity index (χ0) is 20.6. The summed E-state index contributed by atoms with van der Waals surface area (Å²) in [7, 11) is 0. The molecule has 0 saturated carbocycles. The highest BCUT2D eigenvalue weighted by molar-refractivity contribution is 8.00. The molecule has 0 aliphatic rings. The van der Waals surface area contributed by atoms with Gasteiger partial charge in [0.05, 0.1) is 6.61 Å². The van der Waals surface area contributed by atoms with Crippen molar-refractivity contribution in [2.75, 3.05) is 19.7 Å². The Hall–Kier alpha value is -2.87. The van der Waals surface area contributed by atoms with Gasteiger partial charge in [0.2, 0.25) is 11.1 Å². The van der Waals surface area contributed by atoms with Crippen molar-refractivity contribution in [1.29, 1.82) is 0 Å². The largest absolute Gasteiger partial charge is 0.492 e. The van der Waals surface area contributed by atoms with E-state index in [0.717, 1.165) is 11.3 Å². The minimum atomic E-state index is -0.444. The molecule has 29 heavy (non-hydrogen) atoms. The Morgan fingerprint density at radius 2 is 1.76 bits per heavy atom. The third-order valence-electron chi connectivity index (χ3n) is 4.46. The summed E-state index contributed by atoms with van der Waals surface area (Å²) in [6.45, 7) is 7.73. The molecule has 1 aromatic heterocycles. The number of nitrogens with zero attached hydrogens (tertiary/aromatic N) is 5. The Morgan fingerprint density at radius 3 is 2.45 bits per heavy atom. The molecule has 0 spiro atoms. The van der Waals surface area contributed by atoms with Crippen molar-refractivity contribution in [3.63, 3.8) is 0 Å². The molecule has 1 amide bonds. The van der Waals surface area contributed by atoms with E-state index >= 15 is 0 Å². The van der Waals surface area contributed by atoms with Crippen molar-refractivity contribution in [1.82, 2.24) is 25.1 Å². The lowest BCUT2D eigenvalue weighted by Gasteiger charge is -2.24. The van der Waals surface area contributed by atoms with Gasteiger partial charge in [-0.15, -0.1) is 5.10 Å². The summed E-state index contributed by atoms with van der Waals surface area (Å²) in [6.07, 6.45) is 0. The molecule has 0 saturated heterocycles. The molecule has 3 aromatic rings. The van der Waals surface area contributed by atoms with E-state index in [4.69, 9.17) is 4.74 Å². The maximum absolute atomic E-state index is 13.3. The molecule has 0 fully saturated rings. The molecule has 152 valence electrons. The van der Waals surface area contributed by atoms with Gasteiger partial charge in [-0.25, -0.2) is 0 Å². The number of para-hydroxylation sites is 2. The van der Waals surface area contributed by atoms with E-state index in [-0.39, 0.29) is 5.91 Å². The molecule has 0 unspecified atom stereocenters. The molecule has 8 heteroatoms. The summed E-state index contributed by atoms with van der Waals surface area (Å²) in [6, 6.07) is 17.3. The van der Waals surface area contributed by atoms with Crippen LogP contribution in [0.1, 0.15) is 31.6 Å². The summed E-state index contributed by atoms with van der Waals surface area (Å²) < 4.78 is 7.35.